The first-order chi connectivity index (χ1) is 10.3. The van der Waals surface area contributed by atoms with Gasteiger partial charge in [-0.15, -0.1) is 5.10 Å². The lowest BCUT2D eigenvalue weighted by molar-refractivity contribution is 0.0462. The van der Waals surface area contributed by atoms with Crippen molar-refractivity contribution in [3.05, 3.63) is 47.3 Å². The first-order valence-electron chi connectivity index (χ1n) is 7.48. The second kappa shape index (κ2) is 6.30. The molecule has 0 aliphatic heterocycles. The molecule has 0 saturated carbocycles. The van der Waals surface area contributed by atoms with Crippen molar-refractivity contribution in [2.24, 2.45) is 0 Å². The predicted octanol–water partition coefficient (Wildman–Crippen LogP) is 3.51. The monoisotopic (exact) mass is 301 g/mol. The molecular formula is C17H23N3O2. The maximum Gasteiger partial charge on any atom is 0.361 e. The summed E-state index contributed by atoms with van der Waals surface area (Å²) in [7, 11) is 0. The van der Waals surface area contributed by atoms with Crippen LogP contribution in [0.5, 0.6) is 0 Å². The van der Waals surface area contributed by atoms with E-state index >= 15 is 0 Å². The Bertz CT molecular complexity index is 640. The summed E-state index contributed by atoms with van der Waals surface area (Å²) in [4.78, 5) is 13.9. The highest BCUT2D eigenvalue weighted by molar-refractivity contribution is 5.88. The molecule has 1 aromatic carbocycles. The SMILES string of the molecule is CC(C)c1nn(C(C)(C)C)nc1C(=O)OCc1ccccc1. The number of carbonyl (C=O) groups is 1. The molecule has 1 aromatic heterocycles. The fraction of sp³-hybridized carbons (Fsp3) is 0.471. The fourth-order valence-corrected chi connectivity index (χ4v) is 1.94. The zero-order valence-corrected chi connectivity index (χ0v) is 13.8. The summed E-state index contributed by atoms with van der Waals surface area (Å²) in [5.74, 6) is -0.321. The highest BCUT2D eigenvalue weighted by atomic mass is 16.5. The van der Waals surface area contributed by atoms with Crippen molar-refractivity contribution < 1.29 is 9.53 Å². The fourth-order valence-electron chi connectivity index (χ4n) is 1.94. The van der Waals surface area contributed by atoms with Gasteiger partial charge in [0.2, 0.25) is 0 Å². The quantitative estimate of drug-likeness (QED) is 0.811. The number of carbonyl (C=O) groups excluding carboxylic acids is 1. The van der Waals surface area contributed by atoms with Crippen LogP contribution in [0.15, 0.2) is 30.3 Å². The second-order valence-corrected chi connectivity index (χ2v) is 6.61. The Hall–Kier alpha value is -2.17. The molecule has 0 aliphatic carbocycles. The van der Waals surface area contributed by atoms with Crippen molar-refractivity contribution in [2.45, 2.75) is 52.7 Å². The molecule has 0 spiro atoms. The Balaban J connectivity index is 2.19. The van der Waals surface area contributed by atoms with Crippen LogP contribution in [-0.4, -0.2) is 21.0 Å². The predicted molar refractivity (Wildman–Crippen MR) is 84.7 cm³/mol. The van der Waals surface area contributed by atoms with Crippen LogP contribution in [0.4, 0.5) is 0 Å². The van der Waals surface area contributed by atoms with Gasteiger partial charge in [-0.25, -0.2) is 4.79 Å². The third-order valence-corrected chi connectivity index (χ3v) is 3.19. The average Bonchev–Trinajstić information content (AvgIpc) is 2.91. The van der Waals surface area contributed by atoms with Crippen molar-refractivity contribution in [1.82, 2.24) is 15.0 Å². The van der Waals surface area contributed by atoms with E-state index in [1.54, 1.807) is 4.80 Å². The van der Waals surface area contributed by atoms with Crippen LogP contribution in [0.2, 0.25) is 0 Å². The third-order valence-electron chi connectivity index (χ3n) is 3.19. The van der Waals surface area contributed by atoms with Gasteiger partial charge < -0.3 is 4.74 Å². The van der Waals surface area contributed by atoms with E-state index in [0.29, 0.717) is 11.4 Å². The number of hydrogen-bond acceptors (Lipinski definition) is 4. The Labute approximate surface area is 131 Å². The van der Waals surface area contributed by atoms with Gasteiger partial charge in [-0.05, 0) is 32.3 Å². The third kappa shape index (κ3) is 3.72. The topological polar surface area (TPSA) is 57.0 Å². The van der Waals surface area contributed by atoms with Crippen molar-refractivity contribution in [3.8, 4) is 0 Å². The average molecular weight is 301 g/mol. The van der Waals surface area contributed by atoms with Gasteiger partial charge in [-0.1, -0.05) is 44.2 Å². The molecule has 0 atom stereocenters. The Morgan fingerprint density at radius 1 is 1.18 bits per heavy atom. The molecule has 5 nitrogen and oxygen atoms in total. The minimum absolute atomic E-state index is 0.107. The lowest BCUT2D eigenvalue weighted by atomic mass is 10.1. The van der Waals surface area contributed by atoms with Crippen molar-refractivity contribution in [1.29, 1.82) is 0 Å². The summed E-state index contributed by atoms with van der Waals surface area (Å²) < 4.78 is 5.38. The van der Waals surface area contributed by atoms with Crippen molar-refractivity contribution in [3.63, 3.8) is 0 Å². The molecular weight excluding hydrogens is 278 g/mol. The summed E-state index contributed by atoms with van der Waals surface area (Å²) in [6.07, 6.45) is 0. The van der Waals surface area contributed by atoms with Crippen LogP contribution in [0.1, 0.15) is 62.3 Å². The highest BCUT2D eigenvalue weighted by Crippen LogP contribution is 2.20. The first kappa shape index (κ1) is 16.2. The van der Waals surface area contributed by atoms with E-state index in [1.807, 2.05) is 65.0 Å². The van der Waals surface area contributed by atoms with Crippen molar-refractivity contribution >= 4 is 5.97 Å². The number of hydrogen-bond donors (Lipinski definition) is 0. The van der Waals surface area contributed by atoms with E-state index in [4.69, 9.17) is 4.74 Å². The van der Waals surface area contributed by atoms with Crippen LogP contribution in [0.25, 0.3) is 0 Å². The molecule has 2 aromatic rings. The molecule has 2 rings (SSSR count). The zero-order chi connectivity index (χ0) is 16.3. The molecule has 0 saturated heterocycles. The summed E-state index contributed by atoms with van der Waals surface area (Å²) in [5, 5.41) is 8.81. The van der Waals surface area contributed by atoms with E-state index in [-0.39, 0.29) is 18.1 Å². The van der Waals surface area contributed by atoms with Crippen molar-refractivity contribution in [2.75, 3.05) is 0 Å². The van der Waals surface area contributed by atoms with Gasteiger partial charge in [0.05, 0.1) is 5.54 Å². The molecule has 0 fully saturated rings. The number of aromatic nitrogens is 3. The van der Waals surface area contributed by atoms with Gasteiger partial charge in [0, 0.05) is 0 Å². The standard InChI is InChI=1S/C17H23N3O2/c1-12(2)14-15(19-20(18-14)17(3,4)5)16(21)22-11-13-9-7-6-8-10-13/h6-10,12H,11H2,1-5H3. The molecule has 22 heavy (non-hydrogen) atoms. The molecule has 118 valence electrons. The lowest BCUT2D eigenvalue weighted by Crippen LogP contribution is -2.25. The number of ether oxygens (including phenoxy) is 1. The maximum absolute atomic E-state index is 12.3. The summed E-state index contributed by atoms with van der Waals surface area (Å²) >= 11 is 0. The van der Waals surface area contributed by atoms with Crippen LogP contribution in [0.3, 0.4) is 0 Å². The molecule has 0 N–H and O–H groups in total. The molecule has 0 unspecified atom stereocenters. The minimum Gasteiger partial charge on any atom is -0.456 e. The van der Waals surface area contributed by atoms with Gasteiger partial charge in [0.15, 0.2) is 5.69 Å². The summed E-state index contributed by atoms with van der Waals surface area (Å²) in [5.41, 5.74) is 1.65. The molecule has 0 aliphatic rings. The minimum atomic E-state index is -0.428. The number of rotatable bonds is 4. The number of esters is 1. The summed E-state index contributed by atoms with van der Waals surface area (Å²) in [6.45, 7) is 10.2. The van der Waals surface area contributed by atoms with E-state index in [0.717, 1.165) is 5.56 Å². The molecule has 0 bridgehead atoms. The van der Waals surface area contributed by atoms with Crippen LogP contribution in [-0.2, 0) is 16.9 Å². The van der Waals surface area contributed by atoms with E-state index in [1.165, 1.54) is 0 Å². The molecule has 0 amide bonds. The van der Waals surface area contributed by atoms with Gasteiger partial charge in [0.1, 0.15) is 12.3 Å². The van der Waals surface area contributed by atoms with Gasteiger partial charge >= 0.3 is 5.97 Å². The smallest absolute Gasteiger partial charge is 0.361 e. The Morgan fingerprint density at radius 2 is 1.82 bits per heavy atom. The first-order valence-corrected chi connectivity index (χ1v) is 7.48. The number of nitrogens with zero attached hydrogens (tertiary/aromatic N) is 3. The lowest BCUT2D eigenvalue weighted by Gasteiger charge is -2.16. The van der Waals surface area contributed by atoms with Crippen LogP contribution < -0.4 is 0 Å². The normalized spacial score (nSPS) is 11.7. The largest absolute Gasteiger partial charge is 0.456 e. The molecule has 5 heteroatoms. The van der Waals surface area contributed by atoms with Crippen LogP contribution in [0, 0.1) is 0 Å². The van der Waals surface area contributed by atoms with Gasteiger partial charge in [0.25, 0.3) is 0 Å². The van der Waals surface area contributed by atoms with Gasteiger partial charge in [-0.3, -0.25) is 0 Å². The molecule has 0 radical (unpaired) electrons. The maximum atomic E-state index is 12.3. The highest BCUT2D eigenvalue weighted by Gasteiger charge is 2.26. The Kier molecular flexibility index (Phi) is 4.64. The van der Waals surface area contributed by atoms with Crippen LogP contribution >= 0.6 is 0 Å². The summed E-state index contributed by atoms with van der Waals surface area (Å²) in [6, 6.07) is 9.60. The Morgan fingerprint density at radius 3 is 2.36 bits per heavy atom. The zero-order valence-electron chi connectivity index (χ0n) is 13.8. The van der Waals surface area contributed by atoms with E-state index in [2.05, 4.69) is 10.2 Å². The van der Waals surface area contributed by atoms with E-state index in [9.17, 15) is 4.79 Å². The number of benzene rings is 1. The second-order valence-electron chi connectivity index (χ2n) is 6.61. The molecule has 1 heterocycles. The van der Waals surface area contributed by atoms with Gasteiger partial charge in [-0.2, -0.15) is 9.90 Å². The van der Waals surface area contributed by atoms with E-state index < -0.39 is 5.97 Å².